The topological polar surface area (TPSA) is 33.5 Å². The average molecular weight is 228 g/mol. The maximum absolute atomic E-state index is 11.9. The fraction of sp³-hybridized carbons (Fsp3) is 0.545. The number of carbonyl (C=O) groups excluding carboxylic acids is 1. The second-order valence-corrected chi connectivity index (χ2v) is 4.09. The van der Waals surface area contributed by atoms with Gasteiger partial charge in [0.1, 0.15) is 5.76 Å². The summed E-state index contributed by atoms with van der Waals surface area (Å²) in [6.45, 7) is 3.52. The van der Waals surface area contributed by atoms with Gasteiger partial charge < -0.3 is 9.32 Å². The maximum Gasteiger partial charge on any atom is 0.289 e. The van der Waals surface area contributed by atoms with Crippen molar-refractivity contribution in [2.24, 2.45) is 0 Å². The van der Waals surface area contributed by atoms with Crippen LogP contribution >= 0.6 is 11.6 Å². The van der Waals surface area contributed by atoms with Crippen LogP contribution in [0.15, 0.2) is 10.5 Å². The van der Waals surface area contributed by atoms with Crippen LogP contribution in [-0.4, -0.2) is 23.9 Å². The summed E-state index contributed by atoms with van der Waals surface area (Å²) in [5.74, 6) is 1.55. The van der Waals surface area contributed by atoms with Gasteiger partial charge in [-0.25, -0.2) is 0 Å². The number of hydrogen-bond acceptors (Lipinski definition) is 2. The number of carbonyl (C=O) groups is 1. The number of hydrogen-bond donors (Lipinski definition) is 0. The Morgan fingerprint density at radius 3 is 2.73 bits per heavy atom. The van der Waals surface area contributed by atoms with Gasteiger partial charge in [0.15, 0.2) is 5.76 Å². The summed E-state index contributed by atoms with van der Waals surface area (Å²) in [6, 6.07) is 1.75. The normalized spacial score (nSPS) is 16.0. The molecule has 82 valence electrons. The van der Waals surface area contributed by atoms with Gasteiger partial charge in [-0.1, -0.05) is 0 Å². The molecule has 15 heavy (non-hydrogen) atoms. The molecule has 0 aromatic carbocycles. The number of alkyl halides is 1. The first-order valence-corrected chi connectivity index (χ1v) is 5.70. The number of rotatable bonds is 2. The minimum absolute atomic E-state index is 0.00744. The van der Waals surface area contributed by atoms with Crippen LogP contribution in [-0.2, 0) is 5.88 Å². The van der Waals surface area contributed by atoms with Gasteiger partial charge in [-0.05, 0) is 25.8 Å². The summed E-state index contributed by atoms with van der Waals surface area (Å²) in [6.07, 6.45) is 2.18. The lowest BCUT2D eigenvalue weighted by molar-refractivity contribution is 0.0760. The molecule has 2 rings (SSSR count). The van der Waals surface area contributed by atoms with Crippen molar-refractivity contribution in [3.05, 3.63) is 23.2 Å². The van der Waals surface area contributed by atoms with E-state index in [1.807, 2.05) is 11.8 Å². The lowest BCUT2D eigenvalue weighted by Gasteiger charge is -2.12. The summed E-state index contributed by atoms with van der Waals surface area (Å²) in [7, 11) is 0. The first-order chi connectivity index (χ1) is 7.22. The molecule has 0 radical (unpaired) electrons. The average Bonchev–Trinajstić information content (AvgIpc) is 2.85. The minimum atomic E-state index is -0.00744. The molecule has 1 saturated heterocycles. The molecule has 2 heterocycles. The first kappa shape index (κ1) is 10.6. The standard InChI is InChI=1S/C11H14ClNO2/c1-8-9(7-12)6-10(15-8)11(14)13-4-2-3-5-13/h6H,2-5,7H2,1H3. The molecule has 0 spiro atoms. The Bertz CT molecular complexity index is 367. The quantitative estimate of drug-likeness (QED) is 0.728. The van der Waals surface area contributed by atoms with Gasteiger partial charge in [-0.3, -0.25) is 4.79 Å². The molecule has 0 aliphatic carbocycles. The van der Waals surface area contributed by atoms with Crippen molar-refractivity contribution in [1.82, 2.24) is 4.90 Å². The summed E-state index contributed by atoms with van der Waals surface area (Å²) in [5, 5.41) is 0. The number of furan rings is 1. The van der Waals surface area contributed by atoms with Crippen LogP contribution in [0.3, 0.4) is 0 Å². The second kappa shape index (κ2) is 4.27. The van der Waals surface area contributed by atoms with E-state index in [2.05, 4.69) is 0 Å². The fourth-order valence-electron chi connectivity index (χ4n) is 1.83. The van der Waals surface area contributed by atoms with Crippen LogP contribution in [0.2, 0.25) is 0 Å². The number of halogens is 1. The lowest BCUT2D eigenvalue weighted by atomic mass is 10.2. The van der Waals surface area contributed by atoms with Crippen molar-refractivity contribution in [1.29, 1.82) is 0 Å². The van der Waals surface area contributed by atoms with Gasteiger partial charge in [-0.15, -0.1) is 11.6 Å². The van der Waals surface area contributed by atoms with Crippen molar-refractivity contribution in [2.45, 2.75) is 25.6 Å². The SMILES string of the molecule is Cc1oc(C(=O)N2CCCC2)cc1CCl. The minimum Gasteiger partial charge on any atom is -0.456 e. The fourth-order valence-corrected chi connectivity index (χ4v) is 2.10. The molecular weight excluding hydrogens is 214 g/mol. The van der Waals surface area contributed by atoms with Crippen LogP contribution in [0.25, 0.3) is 0 Å². The van der Waals surface area contributed by atoms with Crippen LogP contribution < -0.4 is 0 Å². The molecule has 1 fully saturated rings. The van der Waals surface area contributed by atoms with E-state index in [1.54, 1.807) is 6.07 Å². The molecule has 3 nitrogen and oxygen atoms in total. The molecule has 1 aromatic heterocycles. The van der Waals surface area contributed by atoms with Crippen LogP contribution in [0.4, 0.5) is 0 Å². The number of amides is 1. The monoisotopic (exact) mass is 227 g/mol. The van der Waals surface area contributed by atoms with E-state index < -0.39 is 0 Å². The van der Waals surface area contributed by atoms with E-state index in [-0.39, 0.29) is 5.91 Å². The summed E-state index contributed by atoms with van der Waals surface area (Å²) in [4.78, 5) is 13.7. The number of nitrogens with zero attached hydrogens (tertiary/aromatic N) is 1. The zero-order valence-corrected chi connectivity index (χ0v) is 9.51. The second-order valence-electron chi connectivity index (χ2n) is 3.83. The number of aryl methyl sites for hydroxylation is 1. The van der Waals surface area contributed by atoms with Crippen LogP contribution in [0.1, 0.15) is 34.7 Å². The zero-order chi connectivity index (χ0) is 10.8. The van der Waals surface area contributed by atoms with E-state index in [4.69, 9.17) is 16.0 Å². The highest BCUT2D eigenvalue weighted by Gasteiger charge is 2.23. The maximum atomic E-state index is 11.9. The molecule has 1 aliphatic heterocycles. The molecule has 0 bridgehead atoms. The van der Waals surface area contributed by atoms with Crippen molar-refractivity contribution in [2.75, 3.05) is 13.1 Å². The van der Waals surface area contributed by atoms with E-state index in [9.17, 15) is 4.79 Å². The van der Waals surface area contributed by atoms with E-state index >= 15 is 0 Å². The van der Waals surface area contributed by atoms with Crippen molar-refractivity contribution in [3.8, 4) is 0 Å². The molecule has 0 N–H and O–H groups in total. The smallest absolute Gasteiger partial charge is 0.289 e. The zero-order valence-electron chi connectivity index (χ0n) is 8.75. The summed E-state index contributed by atoms with van der Waals surface area (Å²) in [5.41, 5.74) is 0.902. The molecule has 0 saturated carbocycles. The van der Waals surface area contributed by atoms with Gasteiger partial charge in [0.05, 0.1) is 5.88 Å². The van der Waals surface area contributed by atoms with Crippen molar-refractivity contribution in [3.63, 3.8) is 0 Å². The Labute approximate surface area is 94.0 Å². The predicted octanol–water partition coefficient (Wildman–Crippen LogP) is 2.56. The third kappa shape index (κ3) is 2.02. The van der Waals surface area contributed by atoms with E-state index in [1.165, 1.54) is 0 Å². The van der Waals surface area contributed by atoms with Gasteiger partial charge in [0.2, 0.25) is 0 Å². The Balaban J connectivity index is 2.17. The van der Waals surface area contributed by atoms with E-state index in [0.29, 0.717) is 11.6 Å². The molecule has 1 aromatic rings. The van der Waals surface area contributed by atoms with Crippen LogP contribution in [0, 0.1) is 6.92 Å². The summed E-state index contributed by atoms with van der Waals surface area (Å²) < 4.78 is 5.40. The van der Waals surface area contributed by atoms with E-state index in [0.717, 1.165) is 37.3 Å². The van der Waals surface area contributed by atoms with Gasteiger partial charge in [0, 0.05) is 18.7 Å². The lowest BCUT2D eigenvalue weighted by Crippen LogP contribution is -2.27. The highest BCUT2D eigenvalue weighted by atomic mass is 35.5. The highest BCUT2D eigenvalue weighted by molar-refractivity contribution is 6.17. The molecule has 4 heteroatoms. The highest BCUT2D eigenvalue weighted by Crippen LogP contribution is 2.19. The predicted molar refractivity (Wildman–Crippen MR) is 58.1 cm³/mol. The molecule has 1 aliphatic rings. The van der Waals surface area contributed by atoms with Crippen LogP contribution in [0.5, 0.6) is 0 Å². The number of likely N-dealkylation sites (tertiary alicyclic amines) is 1. The third-order valence-electron chi connectivity index (χ3n) is 2.77. The van der Waals surface area contributed by atoms with Crippen molar-refractivity contribution < 1.29 is 9.21 Å². The van der Waals surface area contributed by atoms with Gasteiger partial charge in [-0.2, -0.15) is 0 Å². The molecule has 0 unspecified atom stereocenters. The third-order valence-corrected chi connectivity index (χ3v) is 3.06. The largest absolute Gasteiger partial charge is 0.456 e. The summed E-state index contributed by atoms with van der Waals surface area (Å²) >= 11 is 5.72. The molecule has 1 amide bonds. The Morgan fingerprint density at radius 2 is 2.20 bits per heavy atom. The molecular formula is C11H14ClNO2. The molecule has 0 atom stereocenters. The Hall–Kier alpha value is -0.960. The van der Waals surface area contributed by atoms with Gasteiger partial charge >= 0.3 is 0 Å². The van der Waals surface area contributed by atoms with Gasteiger partial charge in [0.25, 0.3) is 5.91 Å². The Kier molecular flexibility index (Phi) is 3.00. The first-order valence-electron chi connectivity index (χ1n) is 5.17. The Morgan fingerprint density at radius 1 is 1.53 bits per heavy atom. The van der Waals surface area contributed by atoms with Crippen molar-refractivity contribution >= 4 is 17.5 Å².